The fraction of sp³-hybridized carbons (Fsp3) is 0.889. The van der Waals surface area contributed by atoms with Crippen LogP contribution >= 0.6 is 0 Å². The first kappa shape index (κ1) is 19.5. The van der Waals surface area contributed by atoms with Crippen molar-refractivity contribution in [3.05, 3.63) is 12.3 Å². The minimum atomic E-state index is 0.865. The first-order chi connectivity index (χ1) is 9.91. The van der Waals surface area contributed by atoms with Crippen LogP contribution in [0.4, 0.5) is 0 Å². The summed E-state index contributed by atoms with van der Waals surface area (Å²) in [7, 11) is 0. The Labute approximate surface area is 127 Å². The molecule has 0 atom stereocenters. The maximum absolute atomic E-state index is 5.48. The van der Waals surface area contributed by atoms with Gasteiger partial charge >= 0.3 is 0 Å². The number of allylic oxidation sites excluding steroid dienone is 1. The Morgan fingerprint density at radius 2 is 0.850 bits per heavy atom. The summed E-state index contributed by atoms with van der Waals surface area (Å²) in [4.78, 5) is 0. The normalized spacial score (nSPS) is 11.4. The summed E-state index contributed by atoms with van der Waals surface area (Å²) in [6.07, 6.45) is 24.4. The van der Waals surface area contributed by atoms with Crippen LogP contribution in [0, 0.1) is 0 Å². The molecule has 0 rings (SSSR count). The van der Waals surface area contributed by atoms with Gasteiger partial charge in [0.15, 0.2) is 0 Å². The highest BCUT2D eigenvalue weighted by atomic mass is 14.5. The number of rotatable bonds is 16. The number of hydrogen-bond donors (Lipinski definition) is 2. The molecule has 0 unspecified atom stereocenters. The second kappa shape index (κ2) is 18.5. The second-order valence-corrected chi connectivity index (χ2v) is 5.96. The van der Waals surface area contributed by atoms with Gasteiger partial charge in [-0.25, -0.2) is 0 Å². The Morgan fingerprint density at radius 1 is 0.500 bits per heavy atom. The molecular formula is C18H38N2. The Bertz CT molecular complexity index is 190. The van der Waals surface area contributed by atoms with Crippen molar-refractivity contribution >= 4 is 0 Å². The fourth-order valence-corrected chi connectivity index (χ4v) is 2.62. The molecular weight excluding hydrogens is 244 g/mol. The third-order valence-electron chi connectivity index (χ3n) is 3.96. The van der Waals surface area contributed by atoms with E-state index in [4.69, 9.17) is 11.5 Å². The van der Waals surface area contributed by atoms with E-state index in [-0.39, 0.29) is 0 Å². The van der Waals surface area contributed by atoms with E-state index in [0.717, 1.165) is 13.0 Å². The van der Waals surface area contributed by atoms with Gasteiger partial charge in [-0.1, -0.05) is 83.1 Å². The summed E-state index contributed by atoms with van der Waals surface area (Å²) in [5.41, 5.74) is 10.8. The van der Waals surface area contributed by atoms with E-state index in [9.17, 15) is 0 Å². The molecule has 2 heteroatoms. The molecule has 0 amide bonds. The highest BCUT2D eigenvalue weighted by molar-refractivity contribution is 4.74. The van der Waals surface area contributed by atoms with Crippen molar-refractivity contribution in [3.63, 3.8) is 0 Å². The maximum Gasteiger partial charge on any atom is -0.00773 e. The van der Waals surface area contributed by atoms with Gasteiger partial charge in [-0.15, -0.1) is 0 Å². The van der Waals surface area contributed by atoms with Crippen LogP contribution in [-0.2, 0) is 0 Å². The molecule has 0 bridgehead atoms. The van der Waals surface area contributed by atoms with Crippen LogP contribution < -0.4 is 11.5 Å². The molecule has 0 aliphatic carbocycles. The van der Waals surface area contributed by atoms with Crippen LogP contribution in [0.15, 0.2) is 12.3 Å². The number of nitrogens with two attached hydrogens (primary N) is 2. The smallest absolute Gasteiger partial charge is 0.00773 e. The van der Waals surface area contributed by atoms with E-state index in [1.54, 1.807) is 6.20 Å². The Hall–Kier alpha value is -0.500. The molecule has 0 heterocycles. The molecule has 0 saturated carbocycles. The largest absolute Gasteiger partial charge is 0.405 e. The molecule has 0 aliphatic heterocycles. The molecule has 0 fully saturated rings. The summed E-state index contributed by atoms with van der Waals surface area (Å²) >= 11 is 0. The lowest BCUT2D eigenvalue weighted by atomic mass is 10.0. The fourth-order valence-electron chi connectivity index (χ4n) is 2.62. The predicted octanol–water partition coefficient (Wildman–Crippen LogP) is 5.27. The SMILES string of the molecule is NC=CCCCCCCCCCCCCCCCCN. The van der Waals surface area contributed by atoms with Gasteiger partial charge in [0.05, 0.1) is 0 Å². The molecule has 0 saturated heterocycles. The predicted molar refractivity (Wildman–Crippen MR) is 91.6 cm³/mol. The van der Waals surface area contributed by atoms with Crippen LogP contribution in [0.25, 0.3) is 0 Å². The zero-order chi connectivity index (χ0) is 14.7. The van der Waals surface area contributed by atoms with Gasteiger partial charge < -0.3 is 11.5 Å². The van der Waals surface area contributed by atoms with Crippen molar-refractivity contribution in [2.24, 2.45) is 11.5 Å². The van der Waals surface area contributed by atoms with Gasteiger partial charge in [0.25, 0.3) is 0 Å². The lowest BCUT2D eigenvalue weighted by Gasteiger charge is -2.03. The van der Waals surface area contributed by atoms with Gasteiger partial charge in [0.2, 0.25) is 0 Å². The zero-order valence-corrected chi connectivity index (χ0v) is 13.6. The molecule has 2 nitrogen and oxygen atoms in total. The van der Waals surface area contributed by atoms with Crippen molar-refractivity contribution in [1.82, 2.24) is 0 Å². The summed E-state index contributed by atoms with van der Waals surface area (Å²) in [5, 5.41) is 0. The second-order valence-electron chi connectivity index (χ2n) is 5.96. The minimum absolute atomic E-state index is 0.865. The van der Waals surface area contributed by atoms with Gasteiger partial charge in [0, 0.05) is 0 Å². The molecule has 120 valence electrons. The Kier molecular flexibility index (Phi) is 18.0. The van der Waals surface area contributed by atoms with Crippen LogP contribution in [0.2, 0.25) is 0 Å². The topological polar surface area (TPSA) is 52.0 Å². The molecule has 0 aliphatic rings. The molecule has 0 aromatic heterocycles. The third kappa shape index (κ3) is 17.5. The lowest BCUT2D eigenvalue weighted by molar-refractivity contribution is 0.534. The highest BCUT2D eigenvalue weighted by Gasteiger charge is 1.93. The van der Waals surface area contributed by atoms with Gasteiger partial charge in [0.1, 0.15) is 0 Å². The summed E-state index contributed by atoms with van der Waals surface area (Å²) < 4.78 is 0. The van der Waals surface area contributed by atoms with E-state index < -0.39 is 0 Å². The average molecular weight is 283 g/mol. The Morgan fingerprint density at radius 3 is 1.20 bits per heavy atom. The van der Waals surface area contributed by atoms with Gasteiger partial charge in [-0.05, 0) is 32.0 Å². The number of unbranched alkanes of at least 4 members (excludes halogenated alkanes) is 14. The van der Waals surface area contributed by atoms with Crippen molar-refractivity contribution in [2.45, 2.75) is 96.3 Å². The summed E-state index contributed by atoms with van der Waals surface area (Å²) in [6.45, 7) is 0.865. The van der Waals surface area contributed by atoms with Crippen LogP contribution in [0.1, 0.15) is 96.3 Å². The molecule has 20 heavy (non-hydrogen) atoms. The van der Waals surface area contributed by atoms with E-state index in [2.05, 4.69) is 6.08 Å². The maximum atomic E-state index is 5.48. The summed E-state index contributed by atoms with van der Waals surface area (Å²) in [6, 6.07) is 0. The van der Waals surface area contributed by atoms with E-state index >= 15 is 0 Å². The van der Waals surface area contributed by atoms with Crippen molar-refractivity contribution in [1.29, 1.82) is 0 Å². The average Bonchev–Trinajstić information content (AvgIpc) is 2.47. The standard InChI is InChI=1S/C18H38N2/c19-17-15-13-11-9-7-5-3-1-2-4-6-8-10-12-14-16-18-20/h15,17H,1-14,16,18-20H2. The van der Waals surface area contributed by atoms with E-state index in [0.29, 0.717) is 0 Å². The number of hydrogen-bond acceptors (Lipinski definition) is 2. The molecule has 0 aromatic carbocycles. The monoisotopic (exact) mass is 282 g/mol. The molecule has 0 spiro atoms. The third-order valence-corrected chi connectivity index (χ3v) is 3.96. The molecule has 0 radical (unpaired) electrons. The highest BCUT2D eigenvalue weighted by Crippen LogP contribution is 2.13. The van der Waals surface area contributed by atoms with Crippen molar-refractivity contribution < 1.29 is 0 Å². The van der Waals surface area contributed by atoms with Crippen molar-refractivity contribution in [2.75, 3.05) is 6.54 Å². The zero-order valence-electron chi connectivity index (χ0n) is 13.6. The molecule has 0 aromatic rings. The van der Waals surface area contributed by atoms with Crippen LogP contribution in [-0.4, -0.2) is 6.54 Å². The first-order valence-electron chi connectivity index (χ1n) is 8.98. The van der Waals surface area contributed by atoms with Gasteiger partial charge in [-0.3, -0.25) is 0 Å². The van der Waals surface area contributed by atoms with Crippen LogP contribution in [0.5, 0.6) is 0 Å². The lowest BCUT2D eigenvalue weighted by Crippen LogP contribution is -1.97. The minimum Gasteiger partial charge on any atom is -0.405 e. The van der Waals surface area contributed by atoms with E-state index in [1.165, 1.54) is 89.9 Å². The quantitative estimate of drug-likeness (QED) is 0.379. The summed E-state index contributed by atoms with van der Waals surface area (Å²) in [5.74, 6) is 0. The van der Waals surface area contributed by atoms with Crippen LogP contribution in [0.3, 0.4) is 0 Å². The van der Waals surface area contributed by atoms with Gasteiger partial charge in [-0.2, -0.15) is 0 Å². The molecule has 4 N–H and O–H groups in total. The van der Waals surface area contributed by atoms with E-state index in [1.807, 2.05) is 0 Å². The first-order valence-corrected chi connectivity index (χ1v) is 8.98. The Balaban J connectivity index is 2.92. The van der Waals surface area contributed by atoms with Crippen molar-refractivity contribution in [3.8, 4) is 0 Å².